The lowest BCUT2D eigenvalue weighted by atomic mass is 10.0. The smallest absolute Gasteiger partial charge is 0.0702 e. The number of hydrogen-bond donors (Lipinski definition) is 1. The second kappa shape index (κ2) is 7.46. The van der Waals surface area contributed by atoms with Gasteiger partial charge < -0.3 is 10.1 Å². The zero-order valence-corrected chi connectivity index (χ0v) is 12.2. The Labute approximate surface area is 112 Å². The Balaban J connectivity index is 1.86. The fourth-order valence-electron chi connectivity index (χ4n) is 3.26. The quantitative estimate of drug-likeness (QED) is 0.815. The third-order valence-electron chi connectivity index (χ3n) is 4.44. The molecule has 3 nitrogen and oxygen atoms in total. The van der Waals surface area contributed by atoms with Crippen molar-refractivity contribution >= 4 is 0 Å². The Hall–Kier alpha value is -0.120. The lowest BCUT2D eigenvalue weighted by Gasteiger charge is -2.42. The molecule has 18 heavy (non-hydrogen) atoms. The van der Waals surface area contributed by atoms with Gasteiger partial charge in [-0.05, 0) is 32.1 Å². The van der Waals surface area contributed by atoms with Crippen LogP contribution < -0.4 is 5.32 Å². The molecule has 2 fully saturated rings. The number of nitrogens with zero attached hydrogens (tertiary/aromatic N) is 1. The largest absolute Gasteiger partial charge is 0.377 e. The van der Waals surface area contributed by atoms with E-state index in [0.717, 1.165) is 19.2 Å². The first-order valence-electron chi connectivity index (χ1n) is 7.92. The van der Waals surface area contributed by atoms with Gasteiger partial charge in [0.1, 0.15) is 0 Å². The molecule has 2 heterocycles. The van der Waals surface area contributed by atoms with Gasteiger partial charge in [0.25, 0.3) is 0 Å². The zero-order valence-electron chi connectivity index (χ0n) is 12.2. The summed E-state index contributed by atoms with van der Waals surface area (Å²) in [7, 11) is 0. The summed E-state index contributed by atoms with van der Waals surface area (Å²) in [5, 5.41) is 3.69. The average Bonchev–Trinajstić information content (AvgIpc) is 2.42. The summed E-state index contributed by atoms with van der Waals surface area (Å²) < 4.78 is 5.91. The molecule has 1 N–H and O–H groups in total. The second-order valence-corrected chi connectivity index (χ2v) is 5.90. The molecule has 0 aromatic heterocycles. The van der Waals surface area contributed by atoms with E-state index in [4.69, 9.17) is 4.74 Å². The third-order valence-corrected chi connectivity index (χ3v) is 4.44. The van der Waals surface area contributed by atoms with Gasteiger partial charge in [-0.1, -0.05) is 20.3 Å². The van der Waals surface area contributed by atoms with Crippen LogP contribution in [0.25, 0.3) is 0 Å². The first-order chi connectivity index (χ1) is 8.83. The topological polar surface area (TPSA) is 24.5 Å². The standard InChI is InChI=1S/C15H30N2O/c1-3-7-14-10-16-13(4-2)11-17(14)12-15-8-5-6-9-18-15/h13-16H,3-12H2,1-2H3. The maximum Gasteiger partial charge on any atom is 0.0702 e. The highest BCUT2D eigenvalue weighted by Crippen LogP contribution is 2.19. The van der Waals surface area contributed by atoms with Crippen molar-refractivity contribution in [3.8, 4) is 0 Å². The predicted octanol–water partition coefficient (Wildman–Crippen LogP) is 2.41. The van der Waals surface area contributed by atoms with Crippen molar-refractivity contribution in [3.63, 3.8) is 0 Å². The van der Waals surface area contributed by atoms with Crippen molar-refractivity contribution in [2.75, 3.05) is 26.2 Å². The van der Waals surface area contributed by atoms with Gasteiger partial charge >= 0.3 is 0 Å². The van der Waals surface area contributed by atoms with Gasteiger partial charge in [0.2, 0.25) is 0 Å². The van der Waals surface area contributed by atoms with Crippen LogP contribution in [0, 0.1) is 0 Å². The summed E-state index contributed by atoms with van der Waals surface area (Å²) in [6.07, 6.45) is 8.20. The van der Waals surface area contributed by atoms with E-state index in [9.17, 15) is 0 Å². The molecule has 3 heteroatoms. The van der Waals surface area contributed by atoms with Gasteiger partial charge in [-0.25, -0.2) is 0 Å². The molecule has 3 unspecified atom stereocenters. The number of piperazine rings is 1. The third kappa shape index (κ3) is 3.94. The number of ether oxygens (including phenoxy) is 1. The Morgan fingerprint density at radius 2 is 2.17 bits per heavy atom. The summed E-state index contributed by atoms with van der Waals surface area (Å²) in [5.74, 6) is 0. The lowest BCUT2D eigenvalue weighted by molar-refractivity contribution is -0.0224. The van der Waals surface area contributed by atoms with Crippen LogP contribution in [0.3, 0.4) is 0 Å². The molecule has 2 saturated heterocycles. The van der Waals surface area contributed by atoms with E-state index in [1.165, 1.54) is 51.6 Å². The fraction of sp³-hybridized carbons (Fsp3) is 1.00. The highest BCUT2D eigenvalue weighted by molar-refractivity contribution is 4.87. The van der Waals surface area contributed by atoms with E-state index >= 15 is 0 Å². The van der Waals surface area contributed by atoms with E-state index in [2.05, 4.69) is 24.1 Å². The number of rotatable bonds is 5. The molecule has 0 bridgehead atoms. The maximum absolute atomic E-state index is 5.91. The first kappa shape index (κ1) is 14.3. The minimum atomic E-state index is 0.494. The van der Waals surface area contributed by atoms with Crippen molar-refractivity contribution < 1.29 is 4.74 Å². The van der Waals surface area contributed by atoms with Gasteiger partial charge in [0.05, 0.1) is 6.10 Å². The lowest BCUT2D eigenvalue weighted by Crippen LogP contribution is -2.58. The van der Waals surface area contributed by atoms with Gasteiger partial charge in [0, 0.05) is 38.3 Å². The second-order valence-electron chi connectivity index (χ2n) is 5.90. The van der Waals surface area contributed by atoms with Crippen molar-refractivity contribution in [3.05, 3.63) is 0 Å². The molecular formula is C15H30N2O. The summed E-state index contributed by atoms with van der Waals surface area (Å²) in [6.45, 7) is 9.09. The van der Waals surface area contributed by atoms with E-state index in [1.54, 1.807) is 0 Å². The normalized spacial score (nSPS) is 34.7. The summed E-state index contributed by atoms with van der Waals surface area (Å²) in [6, 6.07) is 1.41. The van der Waals surface area contributed by atoms with Crippen LogP contribution in [-0.4, -0.2) is 49.3 Å². The van der Waals surface area contributed by atoms with Gasteiger partial charge in [-0.3, -0.25) is 4.90 Å². The average molecular weight is 254 g/mol. The summed E-state index contributed by atoms with van der Waals surface area (Å²) in [4.78, 5) is 2.70. The van der Waals surface area contributed by atoms with Crippen LogP contribution in [0.4, 0.5) is 0 Å². The maximum atomic E-state index is 5.91. The molecule has 0 aromatic carbocycles. The van der Waals surface area contributed by atoms with Crippen LogP contribution in [0.1, 0.15) is 52.4 Å². The molecule has 0 amide bonds. The predicted molar refractivity (Wildman–Crippen MR) is 75.9 cm³/mol. The van der Waals surface area contributed by atoms with Crippen molar-refractivity contribution in [2.45, 2.75) is 70.6 Å². The van der Waals surface area contributed by atoms with Crippen LogP contribution in [0.5, 0.6) is 0 Å². The van der Waals surface area contributed by atoms with Gasteiger partial charge in [-0.15, -0.1) is 0 Å². The molecule has 2 aliphatic rings. The zero-order chi connectivity index (χ0) is 12.8. The fourth-order valence-corrected chi connectivity index (χ4v) is 3.26. The van der Waals surface area contributed by atoms with E-state index in [1.807, 2.05) is 0 Å². The molecule has 0 aliphatic carbocycles. The van der Waals surface area contributed by atoms with Crippen molar-refractivity contribution in [2.24, 2.45) is 0 Å². The SMILES string of the molecule is CCCC1CNC(CC)CN1CC1CCCCO1. The first-order valence-corrected chi connectivity index (χ1v) is 7.92. The molecule has 0 aromatic rings. The van der Waals surface area contributed by atoms with E-state index in [0.29, 0.717) is 12.1 Å². The number of nitrogens with one attached hydrogen (secondary N) is 1. The molecule has 3 atom stereocenters. The highest BCUT2D eigenvalue weighted by Gasteiger charge is 2.28. The Bertz CT molecular complexity index is 229. The van der Waals surface area contributed by atoms with Crippen LogP contribution in [-0.2, 0) is 4.74 Å². The van der Waals surface area contributed by atoms with E-state index in [-0.39, 0.29) is 0 Å². The van der Waals surface area contributed by atoms with E-state index < -0.39 is 0 Å². The van der Waals surface area contributed by atoms with Crippen LogP contribution >= 0.6 is 0 Å². The van der Waals surface area contributed by atoms with Crippen molar-refractivity contribution in [1.82, 2.24) is 10.2 Å². The molecule has 0 spiro atoms. The molecule has 2 rings (SSSR count). The molecule has 0 saturated carbocycles. The Kier molecular flexibility index (Phi) is 5.93. The monoisotopic (exact) mass is 254 g/mol. The molecule has 106 valence electrons. The molecular weight excluding hydrogens is 224 g/mol. The summed E-state index contributed by atoms with van der Waals surface area (Å²) in [5.41, 5.74) is 0. The van der Waals surface area contributed by atoms with Gasteiger partial charge in [-0.2, -0.15) is 0 Å². The summed E-state index contributed by atoms with van der Waals surface area (Å²) >= 11 is 0. The van der Waals surface area contributed by atoms with Crippen LogP contribution in [0.15, 0.2) is 0 Å². The minimum absolute atomic E-state index is 0.494. The Morgan fingerprint density at radius 1 is 1.28 bits per heavy atom. The number of hydrogen-bond acceptors (Lipinski definition) is 3. The van der Waals surface area contributed by atoms with Crippen LogP contribution in [0.2, 0.25) is 0 Å². The highest BCUT2D eigenvalue weighted by atomic mass is 16.5. The molecule has 2 aliphatic heterocycles. The van der Waals surface area contributed by atoms with Crippen molar-refractivity contribution in [1.29, 1.82) is 0 Å². The van der Waals surface area contributed by atoms with Gasteiger partial charge in [0.15, 0.2) is 0 Å². The minimum Gasteiger partial charge on any atom is -0.377 e. The Morgan fingerprint density at radius 3 is 2.83 bits per heavy atom. The molecule has 0 radical (unpaired) electrons.